The fourth-order valence-electron chi connectivity index (χ4n) is 2.49. The minimum atomic E-state index is -0.487. The molecule has 1 saturated heterocycles. The third-order valence-electron chi connectivity index (χ3n) is 3.47. The summed E-state index contributed by atoms with van der Waals surface area (Å²) in [6.45, 7) is 2.68. The highest BCUT2D eigenvalue weighted by Crippen LogP contribution is 2.26. The fourth-order valence-corrected chi connectivity index (χ4v) is 2.49. The summed E-state index contributed by atoms with van der Waals surface area (Å²) in [5.41, 5.74) is 0.0866. The molecule has 7 heteroatoms. The second kappa shape index (κ2) is 6.30. The predicted molar refractivity (Wildman–Crippen MR) is 74.5 cm³/mol. The molecular formula is C13H17N5O2. The third-order valence-corrected chi connectivity index (χ3v) is 3.47. The summed E-state index contributed by atoms with van der Waals surface area (Å²) >= 11 is 0. The van der Waals surface area contributed by atoms with E-state index in [1.54, 1.807) is 11.9 Å². The average Bonchev–Trinajstić information content (AvgIpc) is 2.47. The fraction of sp³-hybridized carbons (Fsp3) is 0.538. The van der Waals surface area contributed by atoms with E-state index in [0.717, 1.165) is 25.9 Å². The van der Waals surface area contributed by atoms with E-state index < -0.39 is 4.92 Å². The maximum absolute atomic E-state index is 11.1. The lowest BCUT2D eigenvalue weighted by Crippen LogP contribution is -2.37. The van der Waals surface area contributed by atoms with Crippen LogP contribution in [0, 0.1) is 27.4 Å². The number of anilines is 1. The van der Waals surface area contributed by atoms with E-state index in [1.165, 1.54) is 12.3 Å². The third kappa shape index (κ3) is 3.22. The van der Waals surface area contributed by atoms with Crippen molar-refractivity contribution in [3.05, 3.63) is 27.9 Å². The van der Waals surface area contributed by atoms with Crippen LogP contribution in [0.4, 0.5) is 11.5 Å². The Kier molecular flexibility index (Phi) is 4.48. The van der Waals surface area contributed by atoms with Gasteiger partial charge in [0.15, 0.2) is 0 Å². The molecule has 20 heavy (non-hydrogen) atoms. The van der Waals surface area contributed by atoms with Gasteiger partial charge in [0.05, 0.1) is 10.5 Å². The van der Waals surface area contributed by atoms with Crippen molar-refractivity contribution in [1.82, 2.24) is 10.3 Å². The topological polar surface area (TPSA) is 95.1 Å². The van der Waals surface area contributed by atoms with Gasteiger partial charge >= 0.3 is 5.69 Å². The zero-order valence-corrected chi connectivity index (χ0v) is 11.4. The van der Waals surface area contributed by atoms with E-state index in [9.17, 15) is 10.1 Å². The molecule has 1 aliphatic heterocycles. The van der Waals surface area contributed by atoms with Crippen molar-refractivity contribution in [2.45, 2.75) is 12.8 Å². The monoisotopic (exact) mass is 275 g/mol. The van der Waals surface area contributed by atoms with E-state index in [0.29, 0.717) is 18.3 Å². The Labute approximate surface area is 117 Å². The number of piperidine rings is 1. The van der Waals surface area contributed by atoms with Crippen LogP contribution >= 0.6 is 0 Å². The highest BCUT2D eigenvalue weighted by atomic mass is 16.6. The average molecular weight is 275 g/mol. The standard InChI is InChI=1S/C13H17N5O2/c1-17(9-10-3-2-4-15-7-10)13-12(18(19)20)5-11(6-14)8-16-13/h5,8,10,15H,2-4,7,9H2,1H3. The molecule has 1 aliphatic rings. The molecule has 0 radical (unpaired) electrons. The maximum atomic E-state index is 11.1. The number of aromatic nitrogens is 1. The normalized spacial score (nSPS) is 18.3. The first kappa shape index (κ1) is 14.2. The van der Waals surface area contributed by atoms with Gasteiger partial charge in [-0.25, -0.2) is 4.98 Å². The van der Waals surface area contributed by atoms with Crippen LogP contribution in [0.5, 0.6) is 0 Å². The van der Waals surface area contributed by atoms with E-state index in [2.05, 4.69) is 10.3 Å². The molecule has 0 aliphatic carbocycles. The molecule has 2 rings (SSSR count). The summed E-state index contributed by atoms with van der Waals surface area (Å²) in [7, 11) is 1.80. The van der Waals surface area contributed by atoms with Crippen LogP contribution in [0.25, 0.3) is 0 Å². The van der Waals surface area contributed by atoms with Gasteiger partial charge in [-0.1, -0.05) is 0 Å². The number of pyridine rings is 1. The molecule has 0 spiro atoms. The van der Waals surface area contributed by atoms with Crippen molar-refractivity contribution >= 4 is 11.5 Å². The van der Waals surface area contributed by atoms with Gasteiger partial charge in [0, 0.05) is 25.9 Å². The SMILES string of the molecule is CN(CC1CCCNC1)c1ncc(C#N)cc1[N+](=O)[O-]. The van der Waals surface area contributed by atoms with Crippen molar-refractivity contribution in [3.8, 4) is 6.07 Å². The minimum absolute atomic E-state index is 0.115. The molecule has 0 aromatic carbocycles. The second-order valence-corrected chi connectivity index (χ2v) is 5.03. The van der Waals surface area contributed by atoms with Crippen molar-refractivity contribution in [2.24, 2.45) is 5.92 Å². The Balaban J connectivity index is 2.18. The molecule has 0 amide bonds. The van der Waals surface area contributed by atoms with E-state index in [1.807, 2.05) is 6.07 Å². The van der Waals surface area contributed by atoms with Gasteiger partial charge in [-0.3, -0.25) is 10.1 Å². The van der Waals surface area contributed by atoms with Crippen LogP contribution in [0.15, 0.2) is 12.3 Å². The molecule has 2 heterocycles. The van der Waals surface area contributed by atoms with Gasteiger partial charge in [-0.05, 0) is 31.8 Å². The Morgan fingerprint density at radius 3 is 3.10 bits per heavy atom. The highest BCUT2D eigenvalue weighted by Gasteiger charge is 2.22. The lowest BCUT2D eigenvalue weighted by atomic mass is 9.99. The van der Waals surface area contributed by atoms with Crippen LogP contribution in [0.3, 0.4) is 0 Å². The molecular weight excluding hydrogens is 258 g/mol. The Morgan fingerprint density at radius 2 is 2.50 bits per heavy atom. The molecule has 7 nitrogen and oxygen atoms in total. The summed E-state index contributed by atoms with van der Waals surface area (Å²) in [6, 6.07) is 3.15. The van der Waals surface area contributed by atoms with Gasteiger partial charge in [-0.15, -0.1) is 0 Å². The molecule has 1 aromatic rings. The van der Waals surface area contributed by atoms with Crippen molar-refractivity contribution in [2.75, 3.05) is 31.6 Å². The summed E-state index contributed by atoms with van der Waals surface area (Å²) in [4.78, 5) is 16.5. The van der Waals surface area contributed by atoms with E-state index >= 15 is 0 Å². The van der Waals surface area contributed by atoms with E-state index in [4.69, 9.17) is 5.26 Å². The Morgan fingerprint density at radius 1 is 1.70 bits per heavy atom. The lowest BCUT2D eigenvalue weighted by molar-refractivity contribution is -0.384. The van der Waals surface area contributed by atoms with Crippen molar-refractivity contribution in [3.63, 3.8) is 0 Å². The summed E-state index contributed by atoms with van der Waals surface area (Å²) < 4.78 is 0. The first-order valence-electron chi connectivity index (χ1n) is 6.58. The Bertz CT molecular complexity index is 534. The van der Waals surface area contributed by atoms with Gasteiger partial charge in [0.1, 0.15) is 6.07 Å². The molecule has 1 N–H and O–H groups in total. The number of hydrogen-bond donors (Lipinski definition) is 1. The van der Waals surface area contributed by atoms with Crippen LogP contribution in [0.1, 0.15) is 18.4 Å². The number of nitrogens with zero attached hydrogens (tertiary/aromatic N) is 4. The van der Waals surface area contributed by atoms with Crippen LogP contribution in [-0.4, -0.2) is 36.6 Å². The number of hydrogen-bond acceptors (Lipinski definition) is 6. The summed E-state index contributed by atoms with van der Waals surface area (Å²) in [6.07, 6.45) is 3.61. The van der Waals surface area contributed by atoms with Crippen LogP contribution < -0.4 is 10.2 Å². The smallest absolute Gasteiger partial charge is 0.312 e. The zero-order valence-electron chi connectivity index (χ0n) is 11.4. The van der Waals surface area contributed by atoms with Crippen molar-refractivity contribution < 1.29 is 4.92 Å². The first-order valence-corrected chi connectivity index (χ1v) is 6.58. The molecule has 1 atom stereocenters. The zero-order chi connectivity index (χ0) is 14.5. The maximum Gasteiger partial charge on any atom is 0.312 e. The van der Waals surface area contributed by atoms with Gasteiger partial charge in [-0.2, -0.15) is 5.26 Å². The number of nitro groups is 1. The predicted octanol–water partition coefficient (Wildman–Crippen LogP) is 1.30. The van der Waals surface area contributed by atoms with Crippen LogP contribution in [0.2, 0.25) is 0 Å². The molecule has 1 aromatic heterocycles. The summed E-state index contributed by atoms with van der Waals surface area (Å²) in [5.74, 6) is 0.783. The Hall–Kier alpha value is -2.20. The molecule has 1 fully saturated rings. The highest BCUT2D eigenvalue weighted by molar-refractivity contribution is 5.59. The quantitative estimate of drug-likeness (QED) is 0.657. The molecule has 1 unspecified atom stereocenters. The first-order chi connectivity index (χ1) is 9.61. The van der Waals surface area contributed by atoms with Gasteiger partial charge in [0.25, 0.3) is 0 Å². The molecule has 0 bridgehead atoms. The van der Waals surface area contributed by atoms with Crippen LogP contribution in [-0.2, 0) is 0 Å². The number of nitrogens with one attached hydrogen (secondary N) is 1. The second-order valence-electron chi connectivity index (χ2n) is 5.03. The lowest BCUT2D eigenvalue weighted by Gasteiger charge is -2.28. The summed E-state index contributed by atoms with van der Waals surface area (Å²) in [5, 5.41) is 23.2. The number of nitriles is 1. The van der Waals surface area contributed by atoms with Gasteiger partial charge in [0.2, 0.25) is 5.82 Å². The molecule has 106 valence electrons. The van der Waals surface area contributed by atoms with Crippen molar-refractivity contribution in [1.29, 1.82) is 5.26 Å². The number of rotatable bonds is 4. The minimum Gasteiger partial charge on any atom is -0.354 e. The van der Waals surface area contributed by atoms with Gasteiger partial charge < -0.3 is 10.2 Å². The van der Waals surface area contributed by atoms with E-state index in [-0.39, 0.29) is 11.3 Å². The largest absolute Gasteiger partial charge is 0.354 e. The molecule has 0 saturated carbocycles.